The molecule has 0 spiro atoms. The van der Waals surface area contributed by atoms with Crippen LogP contribution in [-0.2, 0) is 10.0 Å². The molecule has 1 heterocycles. The Hall–Kier alpha value is -0.270. The zero-order chi connectivity index (χ0) is 10.1. The highest BCUT2D eigenvalue weighted by atomic mass is 32.2. The lowest BCUT2D eigenvalue weighted by atomic mass is 10.1. The van der Waals surface area contributed by atoms with Crippen LogP contribution in [0.2, 0.25) is 0 Å². The van der Waals surface area contributed by atoms with Gasteiger partial charge in [0.15, 0.2) is 0 Å². The zero-order valence-corrected chi connectivity index (χ0v) is 7.67. The van der Waals surface area contributed by atoms with Gasteiger partial charge in [0.25, 0.3) is 10.0 Å². The Morgan fingerprint density at radius 3 is 2.15 bits per heavy atom. The Morgan fingerprint density at radius 2 is 1.77 bits per heavy atom. The maximum Gasteiger partial charge on any atom is 0.350 e. The SMILES string of the molecule is O=S(=O)(C(F)F)N1CCC(O)CC1. The molecule has 0 radical (unpaired) electrons. The van der Waals surface area contributed by atoms with Crippen LogP contribution in [0.1, 0.15) is 12.8 Å². The van der Waals surface area contributed by atoms with E-state index in [9.17, 15) is 17.2 Å². The number of rotatable bonds is 2. The second-order valence-electron chi connectivity index (χ2n) is 2.94. The summed E-state index contributed by atoms with van der Waals surface area (Å²) in [5, 5.41) is 9.02. The fraction of sp³-hybridized carbons (Fsp3) is 1.00. The lowest BCUT2D eigenvalue weighted by Crippen LogP contribution is -2.42. The van der Waals surface area contributed by atoms with Gasteiger partial charge in [-0.2, -0.15) is 13.1 Å². The van der Waals surface area contributed by atoms with Gasteiger partial charge in [0, 0.05) is 13.1 Å². The molecule has 0 amide bonds. The van der Waals surface area contributed by atoms with E-state index in [1.54, 1.807) is 0 Å². The van der Waals surface area contributed by atoms with Gasteiger partial charge in [-0.1, -0.05) is 0 Å². The predicted molar refractivity (Wildman–Crippen MR) is 41.7 cm³/mol. The minimum absolute atomic E-state index is 0.0200. The highest BCUT2D eigenvalue weighted by molar-refractivity contribution is 7.89. The maximum atomic E-state index is 12.0. The first-order valence-electron chi connectivity index (χ1n) is 3.90. The average Bonchev–Trinajstić information content (AvgIpc) is 2.04. The zero-order valence-electron chi connectivity index (χ0n) is 6.86. The van der Waals surface area contributed by atoms with Crippen molar-refractivity contribution in [1.29, 1.82) is 0 Å². The number of hydrogen-bond acceptors (Lipinski definition) is 3. The van der Waals surface area contributed by atoms with E-state index in [-0.39, 0.29) is 25.9 Å². The van der Waals surface area contributed by atoms with Crippen LogP contribution in [0.3, 0.4) is 0 Å². The van der Waals surface area contributed by atoms with Crippen molar-refractivity contribution < 1.29 is 22.3 Å². The van der Waals surface area contributed by atoms with Crippen LogP contribution in [0.4, 0.5) is 8.78 Å². The first-order valence-corrected chi connectivity index (χ1v) is 5.40. The Kier molecular flexibility index (Phi) is 3.20. The van der Waals surface area contributed by atoms with E-state index in [1.165, 1.54) is 0 Å². The van der Waals surface area contributed by atoms with E-state index < -0.39 is 21.9 Å². The van der Waals surface area contributed by atoms with Crippen molar-refractivity contribution in [3.63, 3.8) is 0 Å². The number of alkyl halides is 2. The number of sulfonamides is 1. The van der Waals surface area contributed by atoms with Crippen molar-refractivity contribution in [2.45, 2.75) is 24.7 Å². The molecule has 13 heavy (non-hydrogen) atoms. The summed E-state index contributed by atoms with van der Waals surface area (Å²) >= 11 is 0. The molecule has 0 aromatic carbocycles. The molecule has 4 nitrogen and oxygen atoms in total. The molecule has 1 aliphatic rings. The van der Waals surface area contributed by atoms with Gasteiger partial charge in [-0.15, -0.1) is 0 Å². The van der Waals surface area contributed by atoms with Crippen LogP contribution in [-0.4, -0.2) is 42.8 Å². The fourth-order valence-corrected chi connectivity index (χ4v) is 2.15. The molecule has 0 aliphatic carbocycles. The largest absolute Gasteiger partial charge is 0.393 e. The minimum Gasteiger partial charge on any atom is -0.393 e. The number of nitrogens with zero attached hydrogens (tertiary/aromatic N) is 1. The van der Waals surface area contributed by atoms with Crippen molar-refractivity contribution in [3.8, 4) is 0 Å². The number of aliphatic hydroxyl groups excluding tert-OH is 1. The Bertz CT molecular complexity index is 259. The summed E-state index contributed by atoms with van der Waals surface area (Å²) in [6.07, 6.45) is -0.109. The van der Waals surface area contributed by atoms with Gasteiger partial charge in [-0.3, -0.25) is 0 Å². The molecule has 1 fully saturated rings. The Labute approximate surface area is 75.2 Å². The topological polar surface area (TPSA) is 57.6 Å². The number of halogens is 2. The van der Waals surface area contributed by atoms with E-state index in [0.717, 1.165) is 4.31 Å². The summed E-state index contributed by atoms with van der Waals surface area (Å²) in [6.45, 7) is -0.0400. The van der Waals surface area contributed by atoms with Gasteiger partial charge in [-0.25, -0.2) is 8.42 Å². The molecular formula is C6H11F2NO3S. The molecule has 0 aromatic heterocycles. The molecule has 0 unspecified atom stereocenters. The maximum absolute atomic E-state index is 12.0. The molecular weight excluding hydrogens is 204 g/mol. The molecule has 1 N–H and O–H groups in total. The van der Waals surface area contributed by atoms with Gasteiger partial charge in [0.1, 0.15) is 0 Å². The third-order valence-electron chi connectivity index (χ3n) is 2.01. The van der Waals surface area contributed by atoms with Crippen molar-refractivity contribution >= 4 is 10.0 Å². The Balaban J connectivity index is 2.64. The lowest BCUT2D eigenvalue weighted by molar-refractivity contribution is 0.108. The molecule has 0 bridgehead atoms. The van der Waals surface area contributed by atoms with Gasteiger partial charge < -0.3 is 5.11 Å². The van der Waals surface area contributed by atoms with E-state index in [1.807, 2.05) is 0 Å². The lowest BCUT2D eigenvalue weighted by Gasteiger charge is -2.28. The number of piperidine rings is 1. The van der Waals surface area contributed by atoms with Crippen molar-refractivity contribution in [1.82, 2.24) is 4.31 Å². The predicted octanol–water partition coefficient (Wildman–Crippen LogP) is -0.00450. The monoisotopic (exact) mass is 215 g/mol. The highest BCUT2D eigenvalue weighted by Crippen LogP contribution is 2.18. The number of hydrogen-bond donors (Lipinski definition) is 1. The third kappa shape index (κ3) is 2.35. The van der Waals surface area contributed by atoms with Gasteiger partial charge >= 0.3 is 5.76 Å². The first-order chi connectivity index (χ1) is 5.94. The first kappa shape index (κ1) is 10.8. The van der Waals surface area contributed by atoms with Gasteiger partial charge in [-0.05, 0) is 12.8 Å². The number of aliphatic hydroxyl groups is 1. The molecule has 1 aliphatic heterocycles. The van der Waals surface area contributed by atoms with Crippen LogP contribution in [0, 0.1) is 0 Å². The van der Waals surface area contributed by atoms with Crippen LogP contribution >= 0.6 is 0 Å². The van der Waals surface area contributed by atoms with Crippen LogP contribution in [0.5, 0.6) is 0 Å². The molecule has 1 saturated heterocycles. The summed E-state index contributed by atoms with van der Waals surface area (Å²) in [5.41, 5.74) is 0. The van der Waals surface area contributed by atoms with E-state index in [4.69, 9.17) is 5.11 Å². The summed E-state index contributed by atoms with van der Waals surface area (Å²) in [4.78, 5) is 0. The smallest absolute Gasteiger partial charge is 0.350 e. The fourth-order valence-electron chi connectivity index (χ4n) is 1.21. The van der Waals surface area contributed by atoms with Gasteiger partial charge in [0.2, 0.25) is 0 Å². The molecule has 7 heteroatoms. The normalized spacial score (nSPS) is 22.5. The van der Waals surface area contributed by atoms with E-state index in [0.29, 0.717) is 0 Å². The van der Waals surface area contributed by atoms with E-state index in [2.05, 4.69) is 0 Å². The summed E-state index contributed by atoms with van der Waals surface area (Å²) < 4.78 is 46.5. The van der Waals surface area contributed by atoms with Crippen molar-refractivity contribution in [2.75, 3.05) is 13.1 Å². The highest BCUT2D eigenvalue weighted by Gasteiger charge is 2.34. The summed E-state index contributed by atoms with van der Waals surface area (Å²) in [7, 11) is -4.43. The second-order valence-corrected chi connectivity index (χ2v) is 4.84. The van der Waals surface area contributed by atoms with Crippen LogP contribution in [0.25, 0.3) is 0 Å². The van der Waals surface area contributed by atoms with Crippen LogP contribution in [0.15, 0.2) is 0 Å². The van der Waals surface area contributed by atoms with E-state index >= 15 is 0 Å². The standard InChI is InChI=1S/C6H11F2NO3S/c7-6(8)13(11,12)9-3-1-5(10)2-4-9/h5-6,10H,1-4H2. The summed E-state index contributed by atoms with van der Waals surface area (Å²) in [6, 6.07) is 0. The van der Waals surface area contributed by atoms with Crippen molar-refractivity contribution in [3.05, 3.63) is 0 Å². The Morgan fingerprint density at radius 1 is 1.31 bits per heavy atom. The quantitative estimate of drug-likeness (QED) is 0.705. The van der Waals surface area contributed by atoms with Gasteiger partial charge in [0.05, 0.1) is 6.10 Å². The molecule has 1 rings (SSSR count). The van der Waals surface area contributed by atoms with Crippen LogP contribution < -0.4 is 0 Å². The minimum atomic E-state index is -4.43. The summed E-state index contributed by atoms with van der Waals surface area (Å²) in [5.74, 6) is -3.36. The molecule has 0 atom stereocenters. The second kappa shape index (κ2) is 3.85. The van der Waals surface area contributed by atoms with Crippen molar-refractivity contribution in [2.24, 2.45) is 0 Å². The third-order valence-corrected chi connectivity index (χ3v) is 3.54. The molecule has 0 saturated carbocycles. The molecule has 0 aromatic rings. The average molecular weight is 215 g/mol. The molecule has 78 valence electrons.